The van der Waals surface area contributed by atoms with E-state index in [4.69, 9.17) is 5.73 Å². The molecule has 3 aromatic rings. The van der Waals surface area contributed by atoms with Crippen LogP contribution in [0.5, 0.6) is 0 Å². The third kappa shape index (κ3) is 2.56. The van der Waals surface area contributed by atoms with Gasteiger partial charge in [-0.25, -0.2) is 4.98 Å². The Morgan fingerprint density at radius 1 is 1.13 bits per heavy atom. The molecule has 4 N–H and O–H groups in total. The lowest BCUT2D eigenvalue weighted by molar-refractivity contribution is -0.137. The Bertz CT molecular complexity index is 838. The maximum absolute atomic E-state index is 13.4. The van der Waals surface area contributed by atoms with Crippen LogP contribution in [0.25, 0.3) is 22.5 Å². The fourth-order valence-corrected chi connectivity index (χ4v) is 2.39. The average Bonchev–Trinajstić information content (AvgIpc) is 3.18. The predicted molar refractivity (Wildman–Crippen MR) is 75.1 cm³/mol. The van der Waals surface area contributed by atoms with Gasteiger partial charge in [-0.3, -0.25) is 9.89 Å². The van der Waals surface area contributed by atoms with Gasteiger partial charge in [0.1, 0.15) is 0 Å². The average molecular weight is 321 g/mol. The number of nitrogens with two attached hydrogens (primary N) is 1. The molecule has 0 aliphatic rings. The molecule has 0 saturated heterocycles. The highest BCUT2D eigenvalue weighted by Gasteiger charge is 2.36. The van der Waals surface area contributed by atoms with E-state index in [0.717, 1.165) is 12.1 Å². The topological polar surface area (TPSA) is 100 Å². The summed E-state index contributed by atoms with van der Waals surface area (Å²) in [4.78, 5) is 18.2. The molecule has 118 valence electrons. The highest BCUT2D eigenvalue weighted by molar-refractivity contribution is 6.03. The Morgan fingerprint density at radius 3 is 2.43 bits per heavy atom. The van der Waals surface area contributed by atoms with Gasteiger partial charge in [0.25, 0.3) is 0 Å². The molecule has 6 nitrogen and oxygen atoms in total. The molecular weight excluding hydrogens is 311 g/mol. The third-order valence-electron chi connectivity index (χ3n) is 3.31. The molecule has 3 rings (SSSR count). The Balaban J connectivity index is 2.44. The number of primary amides is 1. The zero-order valence-electron chi connectivity index (χ0n) is 11.5. The number of rotatable bonds is 3. The number of alkyl halides is 3. The van der Waals surface area contributed by atoms with E-state index in [1.54, 1.807) is 0 Å². The number of benzene rings is 1. The quantitative estimate of drug-likeness (QED) is 0.691. The Hall–Kier alpha value is -3.10. The van der Waals surface area contributed by atoms with Crippen LogP contribution in [-0.2, 0) is 6.18 Å². The van der Waals surface area contributed by atoms with Crippen molar-refractivity contribution < 1.29 is 18.0 Å². The number of nitrogens with one attached hydrogen (secondary N) is 2. The molecule has 0 fully saturated rings. The molecule has 0 bridgehead atoms. The summed E-state index contributed by atoms with van der Waals surface area (Å²) < 4.78 is 40.3. The summed E-state index contributed by atoms with van der Waals surface area (Å²) in [7, 11) is 0. The second-order valence-corrected chi connectivity index (χ2v) is 4.71. The molecule has 0 aliphatic heterocycles. The fraction of sp³-hybridized carbons (Fsp3) is 0.0714. The first-order chi connectivity index (χ1) is 10.9. The molecule has 1 amide bonds. The van der Waals surface area contributed by atoms with Crippen LogP contribution in [0.15, 0.2) is 36.9 Å². The summed E-state index contributed by atoms with van der Waals surface area (Å²) in [5, 5.41) is 6.18. The highest BCUT2D eigenvalue weighted by Crippen LogP contribution is 2.42. The van der Waals surface area contributed by atoms with Crippen molar-refractivity contribution in [3.05, 3.63) is 48.0 Å². The van der Waals surface area contributed by atoms with Gasteiger partial charge >= 0.3 is 6.18 Å². The van der Waals surface area contributed by atoms with E-state index >= 15 is 0 Å². The first-order valence-corrected chi connectivity index (χ1v) is 6.42. The molecule has 2 heterocycles. The molecule has 23 heavy (non-hydrogen) atoms. The van der Waals surface area contributed by atoms with E-state index in [0.29, 0.717) is 0 Å². The SMILES string of the molecule is NC(=O)c1ccc(C(F)(F)F)c(-c2ccn[nH]2)c1-c1cnc[nH]1. The Kier molecular flexibility index (Phi) is 3.40. The predicted octanol–water partition coefficient (Wildman–Crippen LogP) is 2.58. The van der Waals surface area contributed by atoms with E-state index in [2.05, 4.69) is 20.2 Å². The minimum absolute atomic E-state index is 0.0223. The Labute approximate surface area is 127 Å². The summed E-state index contributed by atoms with van der Waals surface area (Å²) in [5.74, 6) is -0.843. The van der Waals surface area contributed by atoms with Crippen molar-refractivity contribution in [3.8, 4) is 22.5 Å². The lowest BCUT2D eigenvalue weighted by Gasteiger charge is -2.17. The van der Waals surface area contributed by atoms with Crippen LogP contribution in [0.4, 0.5) is 13.2 Å². The van der Waals surface area contributed by atoms with Crippen molar-refractivity contribution in [1.82, 2.24) is 20.2 Å². The van der Waals surface area contributed by atoms with Crippen LogP contribution in [0.2, 0.25) is 0 Å². The fourth-order valence-electron chi connectivity index (χ4n) is 2.39. The van der Waals surface area contributed by atoms with Gasteiger partial charge in [-0.05, 0) is 18.2 Å². The van der Waals surface area contributed by atoms with Crippen molar-refractivity contribution in [1.29, 1.82) is 0 Å². The molecule has 0 atom stereocenters. The number of nitrogens with zero attached hydrogens (tertiary/aromatic N) is 2. The lowest BCUT2D eigenvalue weighted by Crippen LogP contribution is -2.16. The second-order valence-electron chi connectivity index (χ2n) is 4.71. The van der Waals surface area contributed by atoms with Crippen LogP contribution < -0.4 is 5.73 Å². The number of H-pyrrole nitrogens is 2. The van der Waals surface area contributed by atoms with Gasteiger partial charge < -0.3 is 10.7 Å². The summed E-state index contributed by atoms with van der Waals surface area (Å²) in [6.07, 6.45) is -0.673. The van der Waals surface area contributed by atoms with Crippen molar-refractivity contribution in [3.63, 3.8) is 0 Å². The van der Waals surface area contributed by atoms with Crippen molar-refractivity contribution >= 4 is 5.91 Å². The number of hydrogen-bond acceptors (Lipinski definition) is 3. The molecule has 0 radical (unpaired) electrons. The van der Waals surface area contributed by atoms with Crippen LogP contribution in [-0.4, -0.2) is 26.1 Å². The molecule has 1 aromatic carbocycles. The summed E-state index contributed by atoms with van der Waals surface area (Å²) in [5.41, 5.74) is 4.54. The zero-order chi connectivity index (χ0) is 16.6. The minimum atomic E-state index is -4.62. The first kappa shape index (κ1) is 14.8. The lowest BCUT2D eigenvalue weighted by atomic mass is 9.91. The Morgan fingerprint density at radius 2 is 1.91 bits per heavy atom. The number of carbonyl (C=O) groups is 1. The van der Waals surface area contributed by atoms with Crippen molar-refractivity contribution in [2.45, 2.75) is 6.18 Å². The smallest absolute Gasteiger partial charge is 0.366 e. The number of aromatic amines is 2. The van der Waals surface area contributed by atoms with E-state index < -0.39 is 17.6 Å². The normalized spacial score (nSPS) is 11.6. The number of amides is 1. The highest BCUT2D eigenvalue weighted by atomic mass is 19.4. The van der Waals surface area contributed by atoms with E-state index in [1.165, 1.54) is 24.8 Å². The van der Waals surface area contributed by atoms with E-state index in [9.17, 15) is 18.0 Å². The van der Waals surface area contributed by atoms with Crippen LogP contribution >= 0.6 is 0 Å². The van der Waals surface area contributed by atoms with Gasteiger partial charge in [-0.1, -0.05) is 0 Å². The van der Waals surface area contributed by atoms with Gasteiger partial charge in [-0.15, -0.1) is 0 Å². The molecule has 0 spiro atoms. The van der Waals surface area contributed by atoms with E-state index in [-0.39, 0.29) is 28.1 Å². The number of halogens is 3. The maximum Gasteiger partial charge on any atom is 0.417 e. The number of hydrogen-bond donors (Lipinski definition) is 3. The van der Waals surface area contributed by atoms with E-state index in [1.807, 2.05) is 0 Å². The van der Waals surface area contributed by atoms with Crippen LogP contribution in [0.1, 0.15) is 15.9 Å². The summed E-state index contributed by atoms with van der Waals surface area (Å²) in [6.45, 7) is 0. The van der Waals surface area contributed by atoms with Crippen molar-refractivity contribution in [2.24, 2.45) is 5.73 Å². The van der Waals surface area contributed by atoms with Gasteiger partial charge in [0, 0.05) is 22.9 Å². The van der Waals surface area contributed by atoms with Crippen LogP contribution in [0.3, 0.4) is 0 Å². The van der Waals surface area contributed by atoms with Crippen molar-refractivity contribution in [2.75, 3.05) is 0 Å². The van der Waals surface area contributed by atoms with Gasteiger partial charge in [0.2, 0.25) is 5.91 Å². The first-order valence-electron chi connectivity index (χ1n) is 6.42. The van der Waals surface area contributed by atoms with Crippen LogP contribution in [0, 0.1) is 0 Å². The zero-order valence-corrected chi connectivity index (χ0v) is 11.5. The second kappa shape index (κ2) is 5.27. The van der Waals surface area contributed by atoms with Gasteiger partial charge in [0.05, 0.1) is 29.5 Å². The number of carbonyl (C=O) groups excluding carboxylic acids is 1. The summed E-state index contributed by atoms with van der Waals surface area (Å²) in [6, 6.07) is 3.27. The molecule has 0 aliphatic carbocycles. The monoisotopic (exact) mass is 321 g/mol. The third-order valence-corrected chi connectivity index (χ3v) is 3.31. The minimum Gasteiger partial charge on any atom is -0.366 e. The molecule has 9 heteroatoms. The maximum atomic E-state index is 13.4. The largest absolute Gasteiger partial charge is 0.417 e. The standard InChI is InChI=1S/C14H10F3N5O/c15-14(16,17)8-2-1-7(13(18)23)11(10-5-19-6-20-10)12(8)9-3-4-21-22-9/h1-6H,(H2,18,23)(H,19,20)(H,21,22). The molecule has 0 unspecified atom stereocenters. The van der Waals surface area contributed by atoms with Gasteiger partial charge in [-0.2, -0.15) is 18.3 Å². The molecule has 0 saturated carbocycles. The summed E-state index contributed by atoms with van der Waals surface area (Å²) >= 11 is 0. The van der Waals surface area contributed by atoms with Gasteiger partial charge in [0.15, 0.2) is 0 Å². The molecule has 2 aromatic heterocycles. The molecular formula is C14H10F3N5O. The number of imidazole rings is 1. The number of aromatic nitrogens is 4.